The molecule has 0 aliphatic rings. The Bertz CT molecular complexity index is 554. The van der Waals surface area contributed by atoms with Crippen LogP contribution in [-0.2, 0) is 15.2 Å². The lowest BCUT2D eigenvalue weighted by molar-refractivity contribution is 0.0697. The van der Waals surface area contributed by atoms with Crippen molar-refractivity contribution in [3.05, 3.63) is 28.3 Å². The third-order valence-corrected chi connectivity index (χ3v) is 5.08. The highest BCUT2D eigenvalue weighted by molar-refractivity contribution is 9.08. The van der Waals surface area contributed by atoms with Gasteiger partial charge in [0.1, 0.15) is 0 Å². The van der Waals surface area contributed by atoms with Crippen molar-refractivity contribution in [1.82, 2.24) is 0 Å². The van der Waals surface area contributed by atoms with Crippen molar-refractivity contribution in [3.63, 3.8) is 0 Å². The quantitative estimate of drug-likeness (QED) is 0.855. The number of hydrogen-bond acceptors (Lipinski definition) is 3. The number of carboxylic acids is 1. The van der Waals surface area contributed by atoms with Crippen molar-refractivity contribution in [2.75, 3.05) is 5.75 Å². The molecule has 17 heavy (non-hydrogen) atoms. The molecule has 4 nitrogen and oxygen atoms in total. The lowest BCUT2D eigenvalue weighted by atomic mass is 10.1. The van der Waals surface area contributed by atoms with Crippen molar-refractivity contribution in [3.8, 4) is 0 Å². The molecule has 0 amide bonds. The van der Waals surface area contributed by atoms with Crippen LogP contribution in [0, 0.1) is 0 Å². The number of aromatic carboxylic acids is 1. The van der Waals surface area contributed by atoms with E-state index in [9.17, 15) is 13.2 Å². The lowest BCUT2D eigenvalue weighted by Crippen LogP contribution is -2.09. The largest absolute Gasteiger partial charge is 0.478 e. The second-order valence-corrected chi connectivity index (χ2v) is 6.43. The molecule has 1 rings (SSSR count). The van der Waals surface area contributed by atoms with Crippen LogP contribution in [0.4, 0.5) is 0 Å². The van der Waals surface area contributed by atoms with Crippen molar-refractivity contribution in [2.45, 2.75) is 17.1 Å². The third-order valence-electron chi connectivity index (χ3n) is 2.28. The fourth-order valence-corrected chi connectivity index (χ4v) is 3.77. The Morgan fingerprint density at radius 3 is 2.47 bits per heavy atom. The van der Waals surface area contributed by atoms with Crippen LogP contribution < -0.4 is 0 Å². The van der Waals surface area contributed by atoms with Crippen molar-refractivity contribution in [1.29, 1.82) is 0 Å². The fourth-order valence-electron chi connectivity index (χ4n) is 1.34. The molecule has 0 atom stereocenters. The fraction of sp³-hybridized carbons (Fsp3) is 0.300. The van der Waals surface area contributed by atoms with Crippen molar-refractivity contribution in [2.24, 2.45) is 0 Å². The Labute approximate surface area is 113 Å². The van der Waals surface area contributed by atoms with Gasteiger partial charge in [-0.1, -0.05) is 34.5 Å². The van der Waals surface area contributed by atoms with Crippen LogP contribution in [0.15, 0.2) is 17.0 Å². The number of sulfone groups is 1. The topological polar surface area (TPSA) is 71.4 Å². The highest BCUT2D eigenvalue weighted by atomic mass is 79.9. The summed E-state index contributed by atoms with van der Waals surface area (Å²) in [5, 5.41) is 9.03. The zero-order chi connectivity index (χ0) is 13.2. The second-order valence-electron chi connectivity index (χ2n) is 3.25. The minimum atomic E-state index is -3.41. The van der Waals surface area contributed by atoms with Gasteiger partial charge in [-0.2, -0.15) is 0 Å². The van der Waals surface area contributed by atoms with E-state index >= 15 is 0 Å². The molecule has 0 bridgehead atoms. The maximum absolute atomic E-state index is 11.8. The summed E-state index contributed by atoms with van der Waals surface area (Å²) in [4.78, 5) is 10.9. The van der Waals surface area contributed by atoms with E-state index in [4.69, 9.17) is 16.7 Å². The van der Waals surface area contributed by atoms with E-state index in [1.165, 1.54) is 19.1 Å². The minimum absolute atomic E-state index is 0.0381. The molecule has 0 aliphatic heterocycles. The number of halogens is 2. The molecule has 0 aliphatic carbocycles. The Hall–Kier alpha value is -0.590. The monoisotopic (exact) mass is 340 g/mol. The van der Waals surface area contributed by atoms with Gasteiger partial charge in [-0.25, -0.2) is 13.2 Å². The molecular formula is C10H10BrClO4S. The third kappa shape index (κ3) is 2.81. The van der Waals surface area contributed by atoms with Gasteiger partial charge >= 0.3 is 5.97 Å². The van der Waals surface area contributed by atoms with Crippen LogP contribution in [0.2, 0.25) is 5.02 Å². The standard InChI is InChI=1S/C10H10BrClO4S/c1-2-17(15,16)8-4-3-6(10(13)14)9(12)7(8)5-11/h3-4H,2,5H2,1H3,(H,13,14). The van der Waals surface area contributed by atoms with E-state index in [-0.39, 0.29) is 32.1 Å². The molecule has 0 fully saturated rings. The zero-order valence-electron chi connectivity index (χ0n) is 8.91. The minimum Gasteiger partial charge on any atom is -0.478 e. The predicted molar refractivity (Wildman–Crippen MR) is 68.8 cm³/mol. The summed E-state index contributed by atoms with van der Waals surface area (Å²) in [5.41, 5.74) is 0.185. The first-order valence-corrected chi connectivity index (χ1v) is 7.83. The molecule has 1 aromatic carbocycles. The van der Waals surface area contributed by atoms with Crippen LogP contribution in [0.3, 0.4) is 0 Å². The average molecular weight is 342 g/mol. The number of carboxylic acid groups (broad SMARTS) is 1. The maximum atomic E-state index is 11.8. The molecule has 0 saturated heterocycles. The summed E-state index contributed by atoms with van der Waals surface area (Å²) in [5.74, 6) is -1.24. The van der Waals surface area contributed by atoms with E-state index in [0.717, 1.165) is 0 Å². The number of alkyl halides is 1. The molecule has 0 saturated carbocycles. The Morgan fingerprint density at radius 2 is 2.06 bits per heavy atom. The summed E-state index contributed by atoms with van der Waals surface area (Å²) in [6.45, 7) is 1.52. The number of rotatable bonds is 4. The summed E-state index contributed by atoms with van der Waals surface area (Å²) in [6.07, 6.45) is 0. The first-order valence-electron chi connectivity index (χ1n) is 4.68. The van der Waals surface area contributed by atoms with Gasteiger partial charge in [0.2, 0.25) is 0 Å². The SMILES string of the molecule is CCS(=O)(=O)c1ccc(C(=O)O)c(Cl)c1CBr. The number of hydrogen-bond donors (Lipinski definition) is 1. The van der Waals surface area contributed by atoms with Crippen LogP contribution in [0.5, 0.6) is 0 Å². The first kappa shape index (κ1) is 14.5. The first-order chi connectivity index (χ1) is 7.85. The summed E-state index contributed by atoms with van der Waals surface area (Å²) in [6, 6.07) is 2.49. The second kappa shape index (κ2) is 5.37. The van der Waals surface area contributed by atoms with Crippen LogP contribution >= 0.6 is 27.5 Å². The average Bonchev–Trinajstić information content (AvgIpc) is 2.27. The Kier molecular flexibility index (Phi) is 4.57. The number of carbonyl (C=O) groups is 1. The zero-order valence-corrected chi connectivity index (χ0v) is 12.1. The molecule has 0 aromatic heterocycles. The Morgan fingerprint density at radius 1 is 1.47 bits per heavy atom. The van der Waals surface area contributed by atoms with Gasteiger partial charge < -0.3 is 5.11 Å². The van der Waals surface area contributed by atoms with E-state index in [1.54, 1.807) is 0 Å². The molecule has 7 heteroatoms. The summed E-state index contributed by atoms with van der Waals surface area (Å²) >= 11 is 9.02. The smallest absolute Gasteiger partial charge is 0.337 e. The molecular weight excluding hydrogens is 332 g/mol. The number of benzene rings is 1. The molecule has 1 N–H and O–H groups in total. The predicted octanol–water partition coefficient (Wildman–Crippen LogP) is 2.73. The van der Waals surface area contributed by atoms with E-state index in [0.29, 0.717) is 0 Å². The highest BCUT2D eigenvalue weighted by Crippen LogP contribution is 2.30. The van der Waals surface area contributed by atoms with Gasteiger partial charge in [-0.05, 0) is 12.1 Å². The molecule has 0 spiro atoms. The van der Waals surface area contributed by atoms with E-state index in [1.807, 2.05) is 0 Å². The normalized spacial score (nSPS) is 11.5. The van der Waals surface area contributed by atoms with Crippen LogP contribution in [-0.4, -0.2) is 25.2 Å². The van der Waals surface area contributed by atoms with E-state index < -0.39 is 15.8 Å². The highest BCUT2D eigenvalue weighted by Gasteiger charge is 2.22. The van der Waals surface area contributed by atoms with Crippen molar-refractivity contribution < 1.29 is 18.3 Å². The molecule has 0 heterocycles. The molecule has 0 radical (unpaired) electrons. The summed E-state index contributed by atoms with van der Waals surface area (Å²) < 4.78 is 23.6. The van der Waals surface area contributed by atoms with Gasteiger partial charge in [-0.3, -0.25) is 0 Å². The van der Waals surface area contributed by atoms with Gasteiger partial charge in [0.15, 0.2) is 9.84 Å². The van der Waals surface area contributed by atoms with Crippen molar-refractivity contribution >= 4 is 43.3 Å². The van der Waals surface area contributed by atoms with Gasteiger partial charge in [0, 0.05) is 10.9 Å². The van der Waals surface area contributed by atoms with E-state index in [2.05, 4.69) is 15.9 Å². The van der Waals surface area contributed by atoms with Crippen LogP contribution in [0.25, 0.3) is 0 Å². The maximum Gasteiger partial charge on any atom is 0.337 e. The molecule has 94 valence electrons. The summed E-state index contributed by atoms with van der Waals surface area (Å²) in [7, 11) is -3.41. The van der Waals surface area contributed by atoms with Gasteiger partial charge in [0.25, 0.3) is 0 Å². The lowest BCUT2D eigenvalue weighted by Gasteiger charge is -2.11. The van der Waals surface area contributed by atoms with Crippen LogP contribution in [0.1, 0.15) is 22.8 Å². The molecule has 0 unspecified atom stereocenters. The van der Waals surface area contributed by atoms with Gasteiger partial charge in [0.05, 0.1) is 21.2 Å². The Balaban J connectivity index is 3.58. The molecule has 1 aromatic rings. The van der Waals surface area contributed by atoms with Gasteiger partial charge in [-0.15, -0.1) is 0 Å².